The molecule has 100 valence electrons. The number of nitrogens with one attached hydrogen (secondary N) is 1. The molecule has 2 rings (SSSR count). The molecule has 0 spiro atoms. The maximum absolute atomic E-state index is 13.5. The number of amides is 2. The van der Waals surface area contributed by atoms with Crippen molar-refractivity contribution in [2.75, 3.05) is 19.6 Å². The zero-order valence-electron chi connectivity index (χ0n) is 10.0. The average Bonchev–Trinajstić information content (AvgIpc) is 2.38. The maximum Gasteiger partial charge on any atom is 0.247 e. The molecule has 1 aliphatic heterocycles. The number of carbonyl (C=O) groups excluding carboxylic acids is 2. The van der Waals surface area contributed by atoms with Gasteiger partial charge >= 0.3 is 0 Å². The van der Waals surface area contributed by atoms with Gasteiger partial charge in [0.1, 0.15) is 5.82 Å². The lowest BCUT2D eigenvalue weighted by molar-refractivity contribution is -0.134. The van der Waals surface area contributed by atoms with E-state index in [9.17, 15) is 14.0 Å². The summed E-state index contributed by atoms with van der Waals surface area (Å²) >= 11 is 5.84. The molecule has 19 heavy (non-hydrogen) atoms. The maximum atomic E-state index is 13.5. The van der Waals surface area contributed by atoms with E-state index < -0.39 is 5.82 Å². The zero-order chi connectivity index (χ0) is 13.8. The molecular weight excluding hydrogens is 271 g/mol. The van der Waals surface area contributed by atoms with Gasteiger partial charge in [0.05, 0.1) is 11.6 Å². The van der Waals surface area contributed by atoms with E-state index in [2.05, 4.69) is 5.32 Å². The lowest BCUT2D eigenvalue weighted by Gasteiger charge is -2.25. The summed E-state index contributed by atoms with van der Waals surface area (Å²) in [7, 11) is 0. The van der Waals surface area contributed by atoms with Gasteiger partial charge in [0.2, 0.25) is 11.8 Å². The minimum absolute atomic E-state index is 0.0220. The van der Waals surface area contributed by atoms with Crippen LogP contribution in [0.25, 0.3) is 6.08 Å². The summed E-state index contributed by atoms with van der Waals surface area (Å²) in [6, 6.07) is 4.30. The first kappa shape index (κ1) is 13.5. The van der Waals surface area contributed by atoms with Crippen LogP contribution < -0.4 is 5.32 Å². The van der Waals surface area contributed by atoms with Crippen LogP contribution in [-0.2, 0) is 9.59 Å². The Bertz CT molecular complexity index is 525. The first-order chi connectivity index (χ1) is 9.08. The first-order valence-corrected chi connectivity index (χ1v) is 6.13. The number of benzene rings is 1. The smallest absolute Gasteiger partial charge is 0.247 e. The molecule has 0 unspecified atom stereocenters. The van der Waals surface area contributed by atoms with Crippen LogP contribution in [0, 0.1) is 5.82 Å². The van der Waals surface area contributed by atoms with Crippen molar-refractivity contribution in [3.05, 3.63) is 40.7 Å². The van der Waals surface area contributed by atoms with Crippen molar-refractivity contribution in [1.82, 2.24) is 10.2 Å². The minimum atomic E-state index is -0.493. The number of piperazine rings is 1. The normalized spacial score (nSPS) is 15.7. The van der Waals surface area contributed by atoms with Gasteiger partial charge in [-0.1, -0.05) is 17.7 Å². The molecule has 1 aliphatic rings. The molecule has 0 saturated carbocycles. The molecule has 1 aromatic rings. The van der Waals surface area contributed by atoms with E-state index >= 15 is 0 Å². The number of rotatable bonds is 2. The van der Waals surface area contributed by atoms with E-state index in [4.69, 9.17) is 11.6 Å². The van der Waals surface area contributed by atoms with E-state index in [1.807, 2.05) is 0 Å². The van der Waals surface area contributed by atoms with Crippen LogP contribution >= 0.6 is 11.6 Å². The summed E-state index contributed by atoms with van der Waals surface area (Å²) in [5, 5.41) is 2.86. The number of nitrogens with zero attached hydrogens (tertiary/aromatic N) is 1. The summed E-state index contributed by atoms with van der Waals surface area (Å²) < 4.78 is 13.5. The van der Waals surface area contributed by atoms with E-state index in [1.54, 1.807) is 6.07 Å². The van der Waals surface area contributed by atoms with Gasteiger partial charge in [-0.3, -0.25) is 9.59 Å². The van der Waals surface area contributed by atoms with Gasteiger partial charge < -0.3 is 10.2 Å². The summed E-state index contributed by atoms with van der Waals surface area (Å²) in [6.07, 6.45) is 2.55. The third-order valence-electron chi connectivity index (χ3n) is 2.74. The van der Waals surface area contributed by atoms with Gasteiger partial charge in [0, 0.05) is 24.7 Å². The minimum Gasteiger partial charge on any atom is -0.353 e. The van der Waals surface area contributed by atoms with Gasteiger partial charge in [0.25, 0.3) is 0 Å². The molecule has 1 heterocycles. The van der Waals surface area contributed by atoms with Crippen molar-refractivity contribution in [2.45, 2.75) is 0 Å². The lowest BCUT2D eigenvalue weighted by atomic mass is 10.2. The Balaban J connectivity index is 2.10. The van der Waals surface area contributed by atoms with Crippen LogP contribution in [-0.4, -0.2) is 36.3 Å². The molecule has 4 nitrogen and oxygen atoms in total. The quantitative estimate of drug-likeness (QED) is 0.835. The predicted molar refractivity (Wildman–Crippen MR) is 70.0 cm³/mol. The topological polar surface area (TPSA) is 49.4 Å². The highest BCUT2D eigenvalue weighted by molar-refractivity contribution is 6.32. The van der Waals surface area contributed by atoms with Crippen molar-refractivity contribution in [3.63, 3.8) is 0 Å². The molecule has 0 aromatic heterocycles. The summed E-state index contributed by atoms with van der Waals surface area (Å²) in [6.45, 7) is 0.896. The molecule has 1 aromatic carbocycles. The van der Waals surface area contributed by atoms with Gasteiger partial charge in [-0.15, -0.1) is 0 Å². The summed E-state index contributed by atoms with van der Waals surface area (Å²) in [5.74, 6) is -1.03. The molecule has 0 radical (unpaired) electrons. The molecule has 0 aliphatic carbocycles. The van der Waals surface area contributed by atoms with Crippen LogP contribution in [0.2, 0.25) is 5.02 Å². The van der Waals surface area contributed by atoms with Crippen molar-refractivity contribution in [1.29, 1.82) is 0 Å². The second kappa shape index (κ2) is 5.84. The van der Waals surface area contributed by atoms with Gasteiger partial charge in [-0.05, 0) is 18.2 Å². The second-order valence-electron chi connectivity index (χ2n) is 4.08. The second-order valence-corrected chi connectivity index (χ2v) is 4.49. The molecule has 1 N–H and O–H groups in total. The fourth-order valence-corrected chi connectivity index (χ4v) is 1.98. The highest BCUT2D eigenvalue weighted by Crippen LogP contribution is 2.20. The third kappa shape index (κ3) is 3.32. The van der Waals surface area contributed by atoms with Gasteiger partial charge in [-0.2, -0.15) is 0 Å². The molecule has 1 saturated heterocycles. The summed E-state index contributed by atoms with van der Waals surface area (Å²) in [5.41, 5.74) is 0.166. The predicted octanol–water partition coefficient (Wildman–Crippen LogP) is 1.45. The molecule has 0 atom stereocenters. The van der Waals surface area contributed by atoms with Crippen LogP contribution in [0.5, 0.6) is 0 Å². The Morgan fingerprint density at radius 1 is 1.47 bits per heavy atom. The van der Waals surface area contributed by atoms with Crippen LogP contribution in [0.1, 0.15) is 5.56 Å². The standard InChI is InChI=1S/C13H12ClFN2O2/c14-10-2-1-3-11(15)9(10)4-5-13(19)17-7-6-16-12(18)8-17/h1-5H,6-8H2,(H,16,18)/b5-4-. The largest absolute Gasteiger partial charge is 0.353 e. The Kier molecular flexibility index (Phi) is 4.16. The highest BCUT2D eigenvalue weighted by Gasteiger charge is 2.19. The van der Waals surface area contributed by atoms with Gasteiger partial charge in [0.15, 0.2) is 0 Å². The molecule has 0 bridgehead atoms. The van der Waals surface area contributed by atoms with Crippen LogP contribution in [0.4, 0.5) is 4.39 Å². The van der Waals surface area contributed by atoms with E-state index in [0.717, 1.165) is 0 Å². The third-order valence-corrected chi connectivity index (χ3v) is 3.07. The highest BCUT2D eigenvalue weighted by atomic mass is 35.5. The molecule has 1 fully saturated rings. The van der Waals surface area contributed by atoms with E-state index in [-0.39, 0.29) is 28.9 Å². The number of hydrogen-bond acceptors (Lipinski definition) is 2. The molecule has 6 heteroatoms. The number of hydrogen-bond donors (Lipinski definition) is 1. The number of halogens is 2. The van der Waals surface area contributed by atoms with Crippen molar-refractivity contribution >= 4 is 29.5 Å². The molecule has 2 amide bonds. The van der Waals surface area contributed by atoms with Crippen LogP contribution in [0.15, 0.2) is 24.3 Å². The van der Waals surface area contributed by atoms with Gasteiger partial charge in [-0.25, -0.2) is 4.39 Å². The van der Waals surface area contributed by atoms with Crippen molar-refractivity contribution in [2.24, 2.45) is 0 Å². The van der Waals surface area contributed by atoms with Crippen LogP contribution in [0.3, 0.4) is 0 Å². The lowest BCUT2D eigenvalue weighted by Crippen LogP contribution is -2.49. The van der Waals surface area contributed by atoms with E-state index in [0.29, 0.717) is 13.1 Å². The SMILES string of the molecule is O=C1CN(C(=O)/C=C\c2c(F)cccc2Cl)CCN1. The fraction of sp³-hybridized carbons (Fsp3) is 0.231. The zero-order valence-corrected chi connectivity index (χ0v) is 10.8. The monoisotopic (exact) mass is 282 g/mol. The Hall–Kier alpha value is -1.88. The Labute approximate surface area is 114 Å². The Morgan fingerprint density at radius 3 is 2.95 bits per heavy atom. The first-order valence-electron chi connectivity index (χ1n) is 5.75. The fourth-order valence-electron chi connectivity index (χ4n) is 1.76. The van der Waals surface area contributed by atoms with E-state index in [1.165, 1.54) is 29.2 Å². The average molecular weight is 283 g/mol. The van der Waals surface area contributed by atoms with Crippen molar-refractivity contribution in [3.8, 4) is 0 Å². The number of carbonyl (C=O) groups is 2. The molecular formula is C13H12ClFN2O2. The van der Waals surface area contributed by atoms with Crippen molar-refractivity contribution < 1.29 is 14.0 Å². The summed E-state index contributed by atoms with van der Waals surface area (Å²) in [4.78, 5) is 24.4. The Morgan fingerprint density at radius 2 is 2.26 bits per heavy atom.